The molecule has 2 aromatic carbocycles. The van der Waals surface area contributed by atoms with Crippen molar-refractivity contribution in [3.63, 3.8) is 0 Å². The Morgan fingerprint density at radius 3 is 2.57 bits per heavy atom. The average Bonchev–Trinajstić information content (AvgIpc) is 2.56. The largest absolute Gasteiger partial charge is 0.490 e. The fraction of sp³-hybridized carbons (Fsp3) is 0.368. The second-order valence-electron chi connectivity index (χ2n) is 5.59. The molecule has 0 unspecified atom stereocenters. The van der Waals surface area contributed by atoms with E-state index < -0.39 is 0 Å². The fourth-order valence-electron chi connectivity index (χ4n) is 2.93. The first-order chi connectivity index (χ1) is 11.2. The van der Waals surface area contributed by atoms with Gasteiger partial charge in [0.05, 0.1) is 19.3 Å². The molecule has 0 aliphatic carbocycles. The van der Waals surface area contributed by atoms with E-state index in [1.165, 1.54) is 0 Å². The molecular formula is C19H23NO3. The first kappa shape index (κ1) is 15.7. The van der Waals surface area contributed by atoms with Crippen LogP contribution in [0.5, 0.6) is 17.2 Å². The average molecular weight is 313 g/mol. The highest BCUT2D eigenvalue weighted by Gasteiger charge is 2.29. The molecule has 0 aromatic heterocycles. The number of hydrogen-bond donors (Lipinski definition) is 1. The Kier molecular flexibility index (Phi) is 4.72. The zero-order chi connectivity index (χ0) is 16.2. The van der Waals surface area contributed by atoms with Crippen molar-refractivity contribution in [1.82, 2.24) is 0 Å². The first-order valence-electron chi connectivity index (χ1n) is 8.12. The van der Waals surface area contributed by atoms with Crippen molar-refractivity contribution in [3.8, 4) is 17.2 Å². The van der Waals surface area contributed by atoms with Gasteiger partial charge in [0.1, 0.15) is 11.9 Å². The summed E-state index contributed by atoms with van der Waals surface area (Å²) >= 11 is 0. The molecule has 4 heteroatoms. The summed E-state index contributed by atoms with van der Waals surface area (Å²) in [6.45, 7) is 5.11. The predicted octanol–water partition coefficient (Wildman–Crippen LogP) is 3.49. The standard InChI is InChI=1S/C19H23NO3/c1-3-21-17-10-9-14(12-18(17)22-4-2)19-15(20)11-13-7-5-6-8-16(13)23-19/h5-10,12,15,19H,3-4,11,20H2,1-2H3/t15-,19-/m0/s1. The van der Waals surface area contributed by atoms with Crippen LogP contribution in [0.25, 0.3) is 0 Å². The van der Waals surface area contributed by atoms with Crippen molar-refractivity contribution in [2.24, 2.45) is 5.73 Å². The van der Waals surface area contributed by atoms with Gasteiger partial charge in [-0.15, -0.1) is 0 Å². The van der Waals surface area contributed by atoms with E-state index in [2.05, 4.69) is 6.07 Å². The van der Waals surface area contributed by atoms with E-state index in [-0.39, 0.29) is 12.1 Å². The van der Waals surface area contributed by atoms with Gasteiger partial charge in [-0.1, -0.05) is 24.3 Å². The van der Waals surface area contributed by atoms with Gasteiger partial charge in [0, 0.05) is 0 Å². The summed E-state index contributed by atoms with van der Waals surface area (Å²) < 4.78 is 17.5. The van der Waals surface area contributed by atoms with E-state index in [1.54, 1.807) is 0 Å². The molecule has 0 saturated heterocycles. The highest BCUT2D eigenvalue weighted by atomic mass is 16.5. The molecule has 1 aliphatic heterocycles. The molecule has 0 fully saturated rings. The summed E-state index contributed by atoms with van der Waals surface area (Å²) in [6, 6.07) is 13.9. The predicted molar refractivity (Wildman–Crippen MR) is 90.3 cm³/mol. The van der Waals surface area contributed by atoms with Crippen LogP contribution in [0.1, 0.15) is 31.1 Å². The molecule has 4 nitrogen and oxygen atoms in total. The van der Waals surface area contributed by atoms with E-state index in [4.69, 9.17) is 19.9 Å². The lowest BCUT2D eigenvalue weighted by Crippen LogP contribution is -2.37. The van der Waals surface area contributed by atoms with Crippen LogP contribution in [0.4, 0.5) is 0 Å². The molecule has 1 aliphatic rings. The smallest absolute Gasteiger partial charge is 0.161 e. The lowest BCUT2D eigenvalue weighted by Gasteiger charge is -2.32. The van der Waals surface area contributed by atoms with Gasteiger partial charge < -0.3 is 19.9 Å². The molecule has 0 bridgehead atoms. The van der Waals surface area contributed by atoms with Crippen LogP contribution in [0, 0.1) is 0 Å². The van der Waals surface area contributed by atoms with Crippen molar-refractivity contribution in [3.05, 3.63) is 53.6 Å². The minimum atomic E-state index is -0.181. The molecule has 0 radical (unpaired) electrons. The van der Waals surface area contributed by atoms with Crippen molar-refractivity contribution in [2.45, 2.75) is 32.4 Å². The minimum Gasteiger partial charge on any atom is -0.490 e. The van der Waals surface area contributed by atoms with Gasteiger partial charge in [0.15, 0.2) is 11.5 Å². The number of nitrogens with two attached hydrogens (primary N) is 1. The van der Waals surface area contributed by atoms with Crippen LogP contribution in [-0.2, 0) is 6.42 Å². The van der Waals surface area contributed by atoms with E-state index in [0.717, 1.165) is 34.8 Å². The summed E-state index contributed by atoms with van der Waals surface area (Å²) in [5.74, 6) is 2.40. The van der Waals surface area contributed by atoms with E-state index in [0.29, 0.717) is 13.2 Å². The van der Waals surface area contributed by atoms with Gasteiger partial charge >= 0.3 is 0 Å². The number of ether oxygens (including phenoxy) is 3. The molecule has 2 aromatic rings. The van der Waals surface area contributed by atoms with Gasteiger partial charge in [0.25, 0.3) is 0 Å². The van der Waals surface area contributed by atoms with Crippen molar-refractivity contribution in [1.29, 1.82) is 0 Å². The molecule has 2 atom stereocenters. The minimum absolute atomic E-state index is 0.0858. The maximum absolute atomic E-state index is 6.35. The summed E-state index contributed by atoms with van der Waals surface area (Å²) in [5.41, 5.74) is 8.52. The Balaban J connectivity index is 1.90. The lowest BCUT2D eigenvalue weighted by atomic mass is 9.93. The Morgan fingerprint density at radius 1 is 1.04 bits per heavy atom. The third-order valence-corrected chi connectivity index (χ3v) is 3.97. The van der Waals surface area contributed by atoms with E-state index in [9.17, 15) is 0 Å². The van der Waals surface area contributed by atoms with Gasteiger partial charge in [-0.3, -0.25) is 0 Å². The number of fused-ring (bicyclic) bond motifs is 1. The van der Waals surface area contributed by atoms with Gasteiger partial charge in [0.2, 0.25) is 0 Å². The molecule has 0 amide bonds. The molecule has 0 saturated carbocycles. The molecule has 2 N–H and O–H groups in total. The topological polar surface area (TPSA) is 53.7 Å². The Hall–Kier alpha value is -2.20. The summed E-state index contributed by atoms with van der Waals surface area (Å²) in [6.07, 6.45) is 0.623. The zero-order valence-electron chi connectivity index (χ0n) is 13.6. The first-order valence-corrected chi connectivity index (χ1v) is 8.12. The highest BCUT2D eigenvalue weighted by molar-refractivity contribution is 5.45. The quantitative estimate of drug-likeness (QED) is 0.918. The Labute approximate surface area is 137 Å². The maximum atomic E-state index is 6.35. The number of benzene rings is 2. The van der Waals surface area contributed by atoms with Crippen molar-refractivity contribution in [2.75, 3.05) is 13.2 Å². The summed E-state index contributed by atoms with van der Waals surface area (Å²) in [4.78, 5) is 0. The zero-order valence-corrected chi connectivity index (χ0v) is 13.6. The molecule has 1 heterocycles. The number of para-hydroxylation sites is 1. The lowest BCUT2D eigenvalue weighted by molar-refractivity contribution is 0.153. The van der Waals surface area contributed by atoms with E-state index in [1.807, 2.05) is 50.2 Å². The molecule has 0 spiro atoms. The van der Waals surface area contributed by atoms with Crippen LogP contribution in [0.2, 0.25) is 0 Å². The summed E-state index contributed by atoms with van der Waals surface area (Å²) in [7, 11) is 0. The van der Waals surface area contributed by atoms with Crippen LogP contribution in [-0.4, -0.2) is 19.3 Å². The highest BCUT2D eigenvalue weighted by Crippen LogP contribution is 2.37. The second-order valence-corrected chi connectivity index (χ2v) is 5.59. The Bertz CT molecular complexity index is 671. The van der Waals surface area contributed by atoms with Gasteiger partial charge in [-0.05, 0) is 49.6 Å². The van der Waals surface area contributed by atoms with Crippen LogP contribution >= 0.6 is 0 Å². The van der Waals surface area contributed by atoms with Crippen LogP contribution in [0.3, 0.4) is 0 Å². The van der Waals surface area contributed by atoms with Crippen LogP contribution in [0.15, 0.2) is 42.5 Å². The van der Waals surface area contributed by atoms with E-state index >= 15 is 0 Å². The summed E-state index contributed by atoms with van der Waals surface area (Å²) in [5, 5.41) is 0. The molecular weight excluding hydrogens is 290 g/mol. The normalized spacial score (nSPS) is 19.6. The fourth-order valence-corrected chi connectivity index (χ4v) is 2.93. The number of hydrogen-bond acceptors (Lipinski definition) is 4. The maximum Gasteiger partial charge on any atom is 0.161 e. The SMILES string of the molecule is CCOc1ccc([C@@H]2Oc3ccccc3C[C@@H]2N)cc1OCC. The second kappa shape index (κ2) is 6.92. The monoisotopic (exact) mass is 313 g/mol. The van der Waals surface area contributed by atoms with Gasteiger partial charge in [-0.25, -0.2) is 0 Å². The molecule has 23 heavy (non-hydrogen) atoms. The van der Waals surface area contributed by atoms with Crippen molar-refractivity contribution >= 4 is 0 Å². The third-order valence-electron chi connectivity index (χ3n) is 3.97. The van der Waals surface area contributed by atoms with Crippen molar-refractivity contribution < 1.29 is 14.2 Å². The molecule has 3 rings (SSSR count). The third kappa shape index (κ3) is 3.27. The Morgan fingerprint density at radius 2 is 1.78 bits per heavy atom. The van der Waals surface area contributed by atoms with Crippen LogP contribution < -0.4 is 19.9 Å². The number of rotatable bonds is 5. The molecule has 122 valence electrons. The van der Waals surface area contributed by atoms with Gasteiger partial charge in [-0.2, -0.15) is 0 Å².